The molecule has 1 aliphatic carbocycles. The maximum atomic E-state index is 12.6. The van der Waals surface area contributed by atoms with Crippen LogP contribution < -0.4 is 5.32 Å². The molecule has 5 heteroatoms. The molecule has 0 bridgehead atoms. The summed E-state index contributed by atoms with van der Waals surface area (Å²) < 4.78 is 5.43. The zero-order valence-electron chi connectivity index (χ0n) is 15.0. The summed E-state index contributed by atoms with van der Waals surface area (Å²) in [6.45, 7) is 5.29. The van der Waals surface area contributed by atoms with E-state index in [9.17, 15) is 9.59 Å². The minimum atomic E-state index is -0.821. The van der Waals surface area contributed by atoms with E-state index < -0.39 is 12.1 Å². The summed E-state index contributed by atoms with van der Waals surface area (Å²) in [4.78, 5) is 29.4. The largest absolute Gasteiger partial charge is 0.449 e. The number of amides is 1. The van der Waals surface area contributed by atoms with Crippen molar-refractivity contribution < 1.29 is 14.3 Å². The predicted octanol–water partition coefficient (Wildman–Crippen LogP) is 3.46. The lowest BCUT2D eigenvalue weighted by Crippen LogP contribution is -2.41. The van der Waals surface area contributed by atoms with Crippen LogP contribution in [0.4, 0.5) is 0 Å². The summed E-state index contributed by atoms with van der Waals surface area (Å²) in [5, 5.41) is 3.88. The van der Waals surface area contributed by atoms with Crippen LogP contribution in [-0.4, -0.2) is 29.0 Å². The number of nitrogens with one attached hydrogen (secondary N) is 1. The molecule has 1 aromatic heterocycles. The van der Waals surface area contributed by atoms with Gasteiger partial charge in [0.1, 0.15) is 0 Å². The van der Waals surface area contributed by atoms with Crippen molar-refractivity contribution in [1.82, 2.24) is 10.3 Å². The van der Waals surface area contributed by atoms with E-state index in [4.69, 9.17) is 4.74 Å². The molecule has 1 heterocycles. The number of pyridine rings is 1. The van der Waals surface area contributed by atoms with E-state index in [1.807, 2.05) is 31.2 Å². The molecule has 0 aliphatic heterocycles. The molecule has 3 rings (SSSR count). The summed E-state index contributed by atoms with van der Waals surface area (Å²) in [7, 11) is 0. The van der Waals surface area contributed by atoms with Crippen LogP contribution in [0.3, 0.4) is 0 Å². The third-order valence-electron chi connectivity index (χ3n) is 4.89. The number of carbonyl (C=O) groups excluding carboxylic acids is 2. The van der Waals surface area contributed by atoms with Crippen molar-refractivity contribution in [3.63, 3.8) is 0 Å². The number of hydrogen-bond donors (Lipinski definition) is 1. The summed E-state index contributed by atoms with van der Waals surface area (Å²) in [6, 6.07) is 7.90. The molecule has 1 aliphatic rings. The first-order valence-electron chi connectivity index (χ1n) is 8.84. The standard InChI is InChI=1S/C20H24N2O3/c1-12-16-10-6-7-11-17(16)21-13(2)18(12)20(24)25-14(3)19(23)22-15-8-4-5-9-15/h6-7,10-11,14-15H,4-5,8-9H2,1-3H3,(H,22,23)/t14-/m0/s1. The Morgan fingerprint density at radius 2 is 1.88 bits per heavy atom. The van der Waals surface area contributed by atoms with Gasteiger partial charge in [-0.3, -0.25) is 9.78 Å². The van der Waals surface area contributed by atoms with Gasteiger partial charge in [0.25, 0.3) is 5.91 Å². The second kappa shape index (κ2) is 7.21. The van der Waals surface area contributed by atoms with Crippen molar-refractivity contribution in [3.05, 3.63) is 41.1 Å². The van der Waals surface area contributed by atoms with E-state index in [2.05, 4.69) is 10.3 Å². The van der Waals surface area contributed by atoms with Gasteiger partial charge in [-0.2, -0.15) is 0 Å². The number of para-hydroxylation sites is 1. The summed E-state index contributed by atoms with van der Waals surface area (Å²) >= 11 is 0. The molecule has 0 radical (unpaired) electrons. The molecule has 1 aromatic carbocycles. The summed E-state index contributed by atoms with van der Waals surface area (Å²) in [5.74, 6) is -0.730. The maximum absolute atomic E-state index is 12.6. The lowest BCUT2D eigenvalue weighted by atomic mass is 10.0. The van der Waals surface area contributed by atoms with Crippen LogP contribution >= 0.6 is 0 Å². The van der Waals surface area contributed by atoms with E-state index in [1.165, 1.54) is 0 Å². The number of fused-ring (bicyclic) bond motifs is 1. The van der Waals surface area contributed by atoms with Gasteiger partial charge in [0.05, 0.1) is 16.8 Å². The molecule has 1 atom stereocenters. The van der Waals surface area contributed by atoms with Crippen molar-refractivity contribution in [2.75, 3.05) is 0 Å². The monoisotopic (exact) mass is 340 g/mol. The Hall–Kier alpha value is -2.43. The molecule has 25 heavy (non-hydrogen) atoms. The van der Waals surface area contributed by atoms with E-state index in [0.29, 0.717) is 11.3 Å². The Morgan fingerprint density at radius 1 is 1.20 bits per heavy atom. The van der Waals surface area contributed by atoms with Crippen LogP contribution in [0.5, 0.6) is 0 Å². The summed E-state index contributed by atoms with van der Waals surface area (Å²) in [5.41, 5.74) is 2.74. The molecular formula is C20H24N2O3. The lowest BCUT2D eigenvalue weighted by molar-refractivity contribution is -0.129. The minimum absolute atomic E-state index is 0.208. The lowest BCUT2D eigenvalue weighted by Gasteiger charge is -2.18. The highest BCUT2D eigenvalue weighted by Gasteiger charge is 2.25. The smallest absolute Gasteiger partial charge is 0.341 e. The fourth-order valence-corrected chi connectivity index (χ4v) is 3.49. The highest BCUT2D eigenvalue weighted by molar-refractivity contribution is 5.99. The molecule has 1 fully saturated rings. The third-order valence-corrected chi connectivity index (χ3v) is 4.89. The quantitative estimate of drug-likeness (QED) is 0.866. The second-order valence-corrected chi connectivity index (χ2v) is 6.75. The first kappa shape index (κ1) is 17.4. The Kier molecular flexibility index (Phi) is 5.02. The molecule has 0 saturated heterocycles. The van der Waals surface area contributed by atoms with Gasteiger partial charge in [0.15, 0.2) is 6.10 Å². The number of rotatable bonds is 4. The average Bonchev–Trinajstić information content (AvgIpc) is 3.07. The molecule has 132 valence electrons. The third kappa shape index (κ3) is 3.65. The molecule has 0 unspecified atom stereocenters. The maximum Gasteiger partial charge on any atom is 0.341 e. The number of hydrogen-bond acceptors (Lipinski definition) is 4. The van der Waals surface area contributed by atoms with Gasteiger partial charge in [-0.25, -0.2) is 4.79 Å². The highest BCUT2D eigenvalue weighted by Crippen LogP contribution is 2.23. The van der Waals surface area contributed by atoms with Gasteiger partial charge < -0.3 is 10.1 Å². The molecule has 5 nitrogen and oxygen atoms in total. The van der Waals surface area contributed by atoms with Gasteiger partial charge in [0, 0.05) is 11.4 Å². The molecule has 1 N–H and O–H groups in total. The fraction of sp³-hybridized carbons (Fsp3) is 0.450. The van der Waals surface area contributed by atoms with Crippen LogP contribution in [0, 0.1) is 13.8 Å². The van der Waals surface area contributed by atoms with Crippen LogP contribution in [-0.2, 0) is 9.53 Å². The normalized spacial score (nSPS) is 16.0. The molecule has 2 aromatic rings. The number of benzene rings is 1. The fourth-order valence-electron chi connectivity index (χ4n) is 3.49. The van der Waals surface area contributed by atoms with Crippen molar-refractivity contribution in [1.29, 1.82) is 0 Å². The van der Waals surface area contributed by atoms with Gasteiger partial charge in [-0.1, -0.05) is 31.0 Å². The predicted molar refractivity (Wildman–Crippen MR) is 96.5 cm³/mol. The van der Waals surface area contributed by atoms with Crippen LogP contribution in [0.15, 0.2) is 24.3 Å². The number of esters is 1. The van der Waals surface area contributed by atoms with Crippen molar-refractivity contribution in [3.8, 4) is 0 Å². The number of carbonyl (C=O) groups is 2. The van der Waals surface area contributed by atoms with Crippen molar-refractivity contribution >= 4 is 22.8 Å². The van der Waals surface area contributed by atoms with Crippen LogP contribution in [0.2, 0.25) is 0 Å². The first-order valence-corrected chi connectivity index (χ1v) is 8.84. The Balaban J connectivity index is 1.76. The van der Waals surface area contributed by atoms with E-state index in [-0.39, 0.29) is 11.9 Å². The molecule has 1 amide bonds. The Labute approximate surface area is 147 Å². The van der Waals surface area contributed by atoms with Gasteiger partial charge >= 0.3 is 5.97 Å². The molecule has 0 spiro atoms. The number of aryl methyl sites for hydroxylation is 2. The van der Waals surface area contributed by atoms with E-state index in [0.717, 1.165) is 42.1 Å². The molecule has 1 saturated carbocycles. The Bertz CT molecular complexity index is 810. The Morgan fingerprint density at radius 3 is 2.60 bits per heavy atom. The summed E-state index contributed by atoms with van der Waals surface area (Å²) in [6.07, 6.45) is 3.46. The van der Waals surface area contributed by atoms with Crippen LogP contribution in [0.1, 0.15) is 54.2 Å². The second-order valence-electron chi connectivity index (χ2n) is 6.75. The van der Waals surface area contributed by atoms with Crippen molar-refractivity contribution in [2.45, 2.75) is 58.6 Å². The molecular weight excluding hydrogens is 316 g/mol. The van der Waals surface area contributed by atoms with Gasteiger partial charge in [0.2, 0.25) is 0 Å². The number of aromatic nitrogens is 1. The van der Waals surface area contributed by atoms with E-state index in [1.54, 1.807) is 13.8 Å². The average molecular weight is 340 g/mol. The van der Waals surface area contributed by atoms with Crippen LogP contribution in [0.25, 0.3) is 10.9 Å². The van der Waals surface area contributed by atoms with E-state index >= 15 is 0 Å². The van der Waals surface area contributed by atoms with Gasteiger partial charge in [-0.05, 0) is 45.2 Å². The number of nitrogens with zero attached hydrogens (tertiary/aromatic N) is 1. The van der Waals surface area contributed by atoms with Crippen molar-refractivity contribution in [2.24, 2.45) is 0 Å². The number of ether oxygens (including phenoxy) is 1. The highest BCUT2D eigenvalue weighted by atomic mass is 16.5. The minimum Gasteiger partial charge on any atom is -0.449 e. The zero-order chi connectivity index (χ0) is 18.0. The zero-order valence-corrected chi connectivity index (χ0v) is 15.0. The first-order chi connectivity index (χ1) is 12.0. The topological polar surface area (TPSA) is 68.3 Å². The van der Waals surface area contributed by atoms with Gasteiger partial charge in [-0.15, -0.1) is 0 Å². The SMILES string of the molecule is Cc1nc2ccccc2c(C)c1C(=O)O[C@@H](C)C(=O)NC1CCCC1.